The molecule has 0 aliphatic carbocycles. The highest BCUT2D eigenvalue weighted by molar-refractivity contribution is 8.00. The fourth-order valence-electron chi connectivity index (χ4n) is 1.23. The zero-order valence-electron chi connectivity index (χ0n) is 10.1. The molecule has 0 aromatic heterocycles. The van der Waals surface area contributed by atoms with Gasteiger partial charge in [-0.25, -0.2) is 0 Å². The van der Waals surface area contributed by atoms with Gasteiger partial charge in [0.15, 0.2) is 0 Å². The molecule has 0 aliphatic heterocycles. The molecule has 0 atom stereocenters. The van der Waals surface area contributed by atoms with Gasteiger partial charge in [0.05, 0.1) is 0 Å². The van der Waals surface area contributed by atoms with E-state index in [2.05, 4.69) is 11.6 Å². The van der Waals surface area contributed by atoms with E-state index in [1.807, 2.05) is 20.8 Å². The highest BCUT2D eigenvalue weighted by Crippen LogP contribution is 2.48. The Kier molecular flexibility index (Phi) is 4.28. The molecule has 1 aromatic rings. The van der Waals surface area contributed by atoms with Crippen LogP contribution in [0.15, 0.2) is 29.2 Å². The third-order valence-electron chi connectivity index (χ3n) is 2.30. The number of alkyl halides is 5. The van der Waals surface area contributed by atoms with Crippen LogP contribution < -0.4 is 0 Å². The summed E-state index contributed by atoms with van der Waals surface area (Å²) in [4.78, 5) is 0.0494. The van der Waals surface area contributed by atoms with Crippen LogP contribution in [0.25, 0.3) is 0 Å². The van der Waals surface area contributed by atoms with Gasteiger partial charge in [-0.15, -0.1) is 0 Å². The molecule has 0 radical (unpaired) electrons. The van der Waals surface area contributed by atoms with Crippen molar-refractivity contribution in [2.24, 2.45) is 0 Å². The Labute approximate surface area is 113 Å². The summed E-state index contributed by atoms with van der Waals surface area (Å²) in [5.41, 5.74) is 0.815. The van der Waals surface area contributed by atoms with Gasteiger partial charge in [0.1, 0.15) is 0 Å². The molecule has 0 N–H and O–H groups in total. The molecule has 0 amide bonds. The number of rotatable bonds is 3. The van der Waals surface area contributed by atoms with Crippen molar-refractivity contribution in [3.63, 3.8) is 0 Å². The number of thioether (sulfide) groups is 1. The Bertz CT molecular complexity index is 404. The summed E-state index contributed by atoms with van der Waals surface area (Å²) < 4.78 is 51.0. The number of benzene rings is 1. The first-order valence-electron chi connectivity index (χ1n) is 5.17. The monoisotopic (exact) mass is 300 g/mol. The van der Waals surface area contributed by atoms with Gasteiger partial charge in [-0.2, -0.15) is 17.6 Å². The number of halogens is 5. The van der Waals surface area contributed by atoms with E-state index >= 15 is 0 Å². The van der Waals surface area contributed by atoms with Crippen LogP contribution in [-0.2, 0) is 5.41 Å². The molecule has 0 saturated heterocycles. The maximum absolute atomic E-state index is 13.0. The Morgan fingerprint density at radius 3 is 1.72 bits per heavy atom. The van der Waals surface area contributed by atoms with Crippen LogP contribution in [0, 0.1) is 0 Å². The SMILES string of the molecule is CC(C)(C)c1ccc(SC(F)(F)C(F)(F)Cl)cc1. The van der Waals surface area contributed by atoms with Gasteiger partial charge >= 0.3 is 10.6 Å². The predicted molar refractivity (Wildman–Crippen MR) is 66.7 cm³/mol. The molecule has 0 fully saturated rings. The van der Waals surface area contributed by atoms with Crippen LogP contribution in [0.2, 0.25) is 0 Å². The minimum Gasteiger partial charge on any atom is -0.185 e. The molecule has 1 aromatic carbocycles. The number of hydrogen-bond donors (Lipinski definition) is 0. The van der Waals surface area contributed by atoms with E-state index in [9.17, 15) is 17.6 Å². The van der Waals surface area contributed by atoms with Crippen LogP contribution in [0.1, 0.15) is 26.3 Å². The van der Waals surface area contributed by atoms with Crippen molar-refractivity contribution in [1.82, 2.24) is 0 Å². The third-order valence-corrected chi connectivity index (χ3v) is 3.67. The van der Waals surface area contributed by atoms with Gasteiger partial charge in [0, 0.05) is 4.90 Å². The van der Waals surface area contributed by atoms with E-state index < -0.39 is 10.6 Å². The molecule has 6 heteroatoms. The summed E-state index contributed by atoms with van der Waals surface area (Å²) in [6.07, 6.45) is 0. The predicted octanol–water partition coefficient (Wildman–Crippen LogP) is 5.50. The molecule has 0 bridgehead atoms. The lowest BCUT2D eigenvalue weighted by Crippen LogP contribution is -2.31. The van der Waals surface area contributed by atoms with E-state index in [4.69, 9.17) is 0 Å². The quantitative estimate of drug-likeness (QED) is 0.403. The van der Waals surface area contributed by atoms with Crippen molar-refractivity contribution in [2.75, 3.05) is 0 Å². The van der Waals surface area contributed by atoms with E-state index in [1.54, 1.807) is 12.1 Å². The van der Waals surface area contributed by atoms with Crippen molar-refractivity contribution >= 4 is 23.4 Å². The molecule has 0 aliphatic rings. The average Bonchev–Trinajstić information content (AvgIpc) is 2.14. The summed E-state index contributed by atoms with van der Waals surface area (Å²) in [5, 5.41) is -8.90. The lowest BCUT2D eigenvalue weighted by Gasteiger charge is -2.22. The van der Waals surface area contributed by atoms with Crippen LogP contribution in [0.4, 0.5) is 17.6 Å². The van der Waals surface area contributed by atoms with Crippen molar-refractivity contribution < 1.29 is 17.6 Å². The lowest BCUT2D eigenvalue weighted by molar-refractivity contribution is -0.0897. The van der Waals surface area contributed by atoms with E-state index in [0.717, 1.165) is 5.56 Å². The van der Waals surface area contributed by atoms with Gasteiger partial charge < -0.3 is 0 Å². The second kappa shape index (κ2) is 4.93. The zero-order chi connectivity index (χ0) is 14.2. The highest BCUT2D eigenvalue weighted by Gasteiger charge is 2.56. The van der Waals surface area contributed by atoms with Crippen molar-refractivity contribution in [3.8, 4) is 0 Å². The third kappa shape index (κ3) is 3.79. The Morgan fingerprint density at radius 2 is 1.39 bits per heavy atom. The van der Waals surface area contributed by atoms with Crippen molar-refractivity contribution in [3.05, 3.63) is 29.8 Å². The highest BCUT2D eigenvalue weighted by atomic mass is 35.5. The minimum absolute atomic E-state index is 0.0494. The molecule has 102 valence electrons. The Balaban J connectivity index is 2.89. The summed E-state index contributed by atoms with van der Waals surface area (Å²) in [5.74, 6) is 0. The largest absolute Gasteiger partial charge is 0.394 e. The lowest BCUT2D eigenvalue weighted by atomic mass is 9.87. The van der Waals surface area contributed by atoms with Crippen molar-refractivity contribution in [2.45, 2.75) is 41.7 Å². The molecule has 0 nitrogen and oxygen atoms in total. The average molecular weight is 301 g/mol. The fraction of sp³-hybridized carbons (Fsp3) is 0.500. The van der Waals surface area contributed by atoms with E-state index in [1.165, 1.54) is 12.1 Å². The first-order valence-corrected chi connectivity index (χ1v) is 6.37. The molecule has 0 heterocycles. The van der Waals surface area contributed by atoms with Crippen LogP contribution in [0.5, 0.6) is 0 Å². The molecule has 0 saturated carbocycles. The van der Waals surface area contributed by atoms with Crippen molar-refractivity contribution in [1.29, 1.82) is 0 Å². The van der Waals surface area contributed by atoms with Gasteiger partial charge in [-0.05, 0) is 46.5 Å². The van der Waals surface area contributed by atoms with Gasteiger partial charge in [0.25, 0.3) is 0 Å². The molecule has 0 spiro atoms. The second-order valence-electron chi connectivity index (χ2n) is 4.89. The Morgan fingerprint density at radius 1 is 0.944 bits per heavy atom. The molecular weight excluding hydrogens is 288 g/mol. The van der Waals surface area contributed by atoms with Crippen LogP contribution in [0.3, 0.4) is 0 Å². The smallest absolute Gasteiger partial charge is 0.185 e. The maximum Gasteiger partial charge on any atom is 0.394 e. The van der Waals surface area contributed by atoms with Crippen LogP contribution in [-0.4, -0.2) is 10.6 Å². The molecule has 0 unspecified atom stereocenters. The summed E-state index contributed by atoms with van der Waals surface area (Å²) in [7, 11) is 0. The fourth-order valence-corrected chi connectivity index (χ4v) is 2.03. The van der Waals surface area contributed by atoms with Gasteiger partial charge in [-0.1, -0.05) is 32.9 Å². The summed E-state index contributed by atoms with van der Waals surface area (Å²) >= 11 is 4.13. The molecule has 1 rings (SSSR count). The van der Waals surface area contributed by atoms with E-state index in [-0.39, 0.29) is 22.1 Å². The van der Waals surface area contributed by atoms with Gasteiger partial charge in [-0.3, -0.25) is 0 Å². The second-order valence-corrected chi connectivity index (χ2v) is 6.55. The molecule has 18 heavy (non-hydrogen) atoms. The summed E-state index contributed by atoms with van der Waals surface area (Å²) in [6.45, 7) is 5.91. The Hall–Kier alpha value is -0.420. The van der Waals surface area contributed by atoms with Crippen LogP contribution >= 0.6 is 23.4 Å². The zero-order valence-corrected chi connectivity index (χ0v) is 11.7. The first-order chi connectivity index (χ1) is 7.93. The standard InChI is InChI=1S/C12H13ClF4S/c1-10(2,3)8-4-6-9(7-5-8)18-12(16,17)11(13,14)15/h4-7H,1-3H3. The molecular formula is C12H13ClF4S. The number of hydrogen-bond acceptors (Lipinski definition) is 1. The van der Waals surface area contributed by atoms with Gasteiger partial charge in [0.2, 0.25) is 0 Å². The maximum atomic E-state index is 13.0. The summed E-state index contributed by atoms with van der Waals surface area (Å²) in [6, 6.07) is 6.07. The normalized spacial score (nSPS) is 13.8. The topological polar surface area (TPSA) is 0 Å². The minimum atomic E-state index is -4.57. The first kappa shape index (κ1) is 15.6. The van der Waals surface area contributed by atoms with E-state index in [0.29, 0.717) is 0 Å².